The van der Waals surface area contributed by atoms with E-state index in [-0.39, 0.29) is 0 Å². The number of nitrogens with zero attached hydrogens (tertiary/aromatic N) is 1. The van der Waals surface area contributed by atoms with E-state index in [0.29, 0.717) is 17.7 Å². The second-order valence-electron chi connectivity index (χ2n) is 7.64. The molecule has 3 heteroatoms. The fourth-order valence-electron chi connectivity index (χ4n) is 4.82. The average molecular weight is 324 g/mol. The van der Waals surface area contributed by atoms with E-state index in [0.717, 1.165) is 38.8 Å². The number of piperidine rings is 1. The number of nitrogens with one attached hydrogen (secondary N) is 1. The molecule has 2 heterocycles. The van der Waals surface area contributed by atoms with Crippen molar-refractivity contribution in [2.75, 3.05) is 13.1 Å². The van der Waals surface area contributed by atoms with Gasteiger partial charge in [-0.2, -0.15) is 0 Å². The Morgan fingerprint density at radius 3 is 2.50 bits per heavy atom. The first-order valence-electron chi connectivity index (χ1n) is 9.60. The number of likely N-dealkylation sites (tertiary alicyclic amines) is 1. The molecule has 1 saturated carbocycles. The lowest BCUT2D eigenvalue weighted by molar-refractivity contribution is -0.137. The zero-order valence-electron chi connectivity index (χ0n) is 14.7. The van der Waals surface area contributed by atoms with Crippen molar-refractivity contribution >= 4 is 16.8 Å². The highest BCUT2D eigenvalue weighted by atomic mass is 16.2. The maximum atomic E-state index is 12.7. The van der Waals surface area contributed by atoms with Gasteiger partial charge in [-0.05, 0) is 50.2 Å². The van der Waals surface area contributed by atoms with E-state index in [1.54, 1.807) is 0 Å². The number of benzene rings is 1. The predicted molar refractivity (Wildman–Crippen MR) is 98.2 cm³/mol. The predicted octanol–water partition coefficient (Wildman–Crippen LogP) is 4.76. The lowest BCUT2D eigenvalue weighted by Crippen LogP contribution is -2.41. The number of hydrogen-bond donors (Lipinski definition) is 1. The number of amides is 1. The van der Waals surface area contributed by atoms with E-state index in [2.05, 4.69) is 41.1 Å². The van der Waals surface area contributed by atoms with Crippen LogP contribution in [0, 0.1) is 12.8 Å². The monoisotopic (exact) mass is 324 g/mol. The second-order valence-corrected chi connectivity index (χ2v) is 7.64. The van der Waals surface area contributed by atoms with Gasteiger partial charge >= 0.3 is 0 Å². The van der Waals surface area contributed by atoms with E-state index in [1.165, 1.54) is 41.4 Å². The van der Waals surface area contributed by atoms with Crippen LogP contribution in [0.2, 0.25) is 0 Å². The topological polar surface area (TPSA) is 36.1 Å². The highest BCUT2D eigenvalue weighted by Gasteiger charge is 2.30. The number of carbonyl (C=O) groups is 1. The molecule has 3 nitrogen and oxygen atoms in total. The van der Waals surface area contributed by atoms with Gasteiger partial charge in [0.1, 0.15) is 0 Å². The van der Waals surface area contributed by atoms with Gasteiger partial charge < -0.3 is 9.88 Å². The molecule has 2 aromatic rings. The molecule has 1 aliphatic heterocycles. The van der Waals surface area contributed by atoms with Crippen molar-refractivity contribution in [1.82, 2.24) is 9.88 Å². The Hall–Kier alpha value is -1.77. The summed E-state index contributed by atoms with van der Waals surface area (Å²) >= 11 is 0. The number of aromatic amines is 1. The first kappa shape index (κ1) is 15.7. The summed E-state index contributed by atoms with van der Waals surface area (Å²) in [5.41, 5.74) is 4.02. The molecular formula is C21H28N2O. The summed E-state index contributed by atoms with van der Waals surface area (Å²) in [6.45, 7) is 4.05. The molecule has 1 aromatic heterocycles. The number of fused-ring (bicyclic) bond motifs is 1. The lowest BCUT2D eigenvalue weighted by Gasteiger charge is -2.35. The molecule has 4 rings (SSSR count). The van der Waals surface area contributed by atoms with Crippen LogP contribution >= 0.6 is 0 Å². The third kappa shape index (κ3) is 2.85. The molecule has 0 radical (unpaired) electrons. The van der Waals surface area contributed by atoms with Gasteiger partial charge in [-0.15, -0.1) is 0 Å². The largest absolute Gasteiger partial charge is 0.358 e. The van der Waals surface area contributed by atoms with Gasteiger partial charge in [-0.3, -0.25) is 4.79 Å². The van der Waals surface area contributed by atoms with Gasteiger partial charge in [0.25, 0.3) is 0 Å². The van der Waals surface area contributed by atoms with Crippen molar-refractivity contribution in [3.05, 3.63) is 35.5 Å². The minimum absolute atomic E-state index is 0.310. The van der Waals surface area contributed by atoms with Crippen LogP contribution in [-0.4, -0.2) is 28.9 Å². The SMILES string of the molecule is Cc1[nH]c2ccccc2c1C1CCN(C(=O)C2CCCCC2)CC1. The van der Waals surface area contributed by atoms with Crippen LogP contribution in [0.25, 0.3) is 10.9 Å². The van der Waals surface area contributed by atoms with Crippen LogP contribution in [0.5, 0.6) is 0 Å². The lowest BCUT2D eigenvalue weighted by atomic mass is 9.85. The maximum Gasteiger partial charge on any atom is 0.225 e. The number of hydrogen-bond acceptors (Lipinski definition) is 1. The van der Waals surface area contributed by atoms with Gasteiger partial charge in [0.2, 0.25) is 5.91 Å². The van der Waals surface area contributed by atoms with Crippen LogP contribution < -0.4 is 0 Å². The molecule has 1 aliphatic carbocycles. The summed E-state index contributed by atoms with van der Waals surface area (Å²) in [7, 11) is 0. The van der Waals surface area contributed by atoms with E-state index < -0.39 is 0 Å². The molecule has 2 aliphatic rings. The van der Waals surface area contributed by atoms with Gasteiger partial charge in [0.05, 0.1) is 0 Å². The Morgan fingerprint density at radius 1 is 1.04 bits per heavy atom. The molecule has 0 bridgehead atoms. The molecular weight excluding hydrogens is 296 g/mol. The van der Waals surface area contributed by atoms with Crippen molar-refractivity contribution in [2.24, 2.45) is 5.92 Å². The first-order chi connectivity index (χ1) is 11.7. The summed E-state index contributed by atoms with van der Waals surface area (Å²) in [6.07, 6.45) is 8.21. The molecule has 0 atom stereocenters. The zero-order chi connectivity index (χ0) is 16.5. The molecule has 128 valence electrons. The van der Waals surface area contributed by atoms with Crippen molar-refractivity contribution in [3.8, 4) is 0 Å². The second kappa shape index (κ2) is 6.62. The van der Waals surface area contributed by atoms with Crippen LogP contribution in [0.15, 0.2) is 24.3 Å². The van der Waals surface area contributed by atoms with Crippen molar-refractivity contribution in [2.45, 2.75) is 57.8 Å². The summed E-state index contributed by atoms with van der Waals surface area (Å²) in [5.74, 6) is 1.32. The first-order valence-corrected chi connectivity index (χ1v) is 9.60. The summed E-state index contributed by atoms with van der Waals surface area (Å²) in [4.78, 5) is 18.4. The standard InChI is InChI=1S/C21H28N2O/c1-15-20(18-9-5-6-10-19(18)22-15)16-11-13-23(14-12-16)21(24)17-7-3-2-4-8-17/h5-6,9-10,16-17,22H,2-4,7-8,11-14H2,1H3. The van der Waals surface area contributed by atoms with Gasteiger partial charge in [-0.25, -0.2) is 0 Å². The summed E-state index contributed by atoms with van der Waals surface area (Å²) in [5, 5.41) is 1.37. The minimum atomic E-state index is 0.310. The summed E-state index contributed by atoms with van der Waals surface area (Å²) in [6, 6.07) is 8.61. The normalized spacial score (nSPS) is 20.6. The molecule has 24 heavy (non-hydrogen) atoms. The Labute approximate surface area is 144 Å². The summed E-state index contributed by atoms with van der Waals surface area (Å²) < 4.78 is 0. The quantitative estimate of drug-likeness (QED) is 0.849. The fourth-order valence-corrected chi connectivity index (χ4v) is 4.82. The van der Waals surface area contributed by atoms with Gasteiger partial charge in [0, 0.05) is 35.6 Å². The Morgan fingerprint density at radius 2 is 1.75 bits per heavy atom. The van der Waals surface area contributed by atoms with Crippen LogP contribution in [0.4, 0.5) is 0 Å². The van der Waals surface area contributed by atoms with E-state index in [9.17, 15) is 4.79 Å². The molecule has 1 aromatic carbocycles. The number of aromatic nitrogens is 1. The van der Waals surface area contributed by atoms with Crippen LogP contribution in [0.1, 0.15) is 62.1 Å². The van der Waals surface area contributed by atoms with Crippen LogP contribution in [-0.2, 0) is 4.79 Å². The molecule has 1 saturated heterocycles. The number of carbonyl (C=O) groups excluding carboxylic acids is 1. The third-order valence-corrected chi connectivity index (χ3v) is 6.11. The Bertz CT molecular complexity index is 719. The zero-order valence-corrected chi connectivity index (χ0v) is 14.7. The molecule has 1 N–H and O–H groups in total. The van der Waals surface area contributed by atoms with Gasteiger partial charge in [-0.1, -0.05) is 37.5 Å². The highest BCUT2D eigenvalue weighted by molar-refractivity contribution is 5.85. The number of rotatable bonds is 2. The number of H-pyrrole nitrogens is 1. The Balaban J connectivity index is 1.45. The average Bonchev–Trinajstić information content (AvgIpc) is 2.98. The van der Waals surface area contributed by atoms with Crippen molar-refractivity contribution in [3.63, 3.8) is 0 Å². The smallest absolute Gasteiger partial charge is 0.225 e. The minimum Gasteiger partial charge on any atom is -0.358 e. The highest BCUT2D eigenvalue weighted by Crippen LogP contribution is 2.36. The molecule has 0 spiro atoms. The molecule has 1 amide bonds. The van der Waals surface area contributed by atoms with E-state index in [1.807, 2.05) is 0 Å². The third-order valence-electron chi connectivity index (χ3n) is 6.11. The van der Waals surface area contributed by atoms with Crippen molar-refractivity contribution < 1.29 is 4.79 Å². The molecule has 2 fully saturated rings. The van der Waals surface area contributed by atoms with Crippen LogP contribution in [0.3, 0.4) is 0 Å². The fraction of sp³-hybridized carbons (Fsp3) is 0.571. The number of para-hydroxylation sites is 1. The Kier molecular flexibility index (Phi) is 4.34. The van der Waals surface area contributed by atoms with Crippen molar-refractivity contribution in [1.29, 1.82) is 0 Å². The van der Waals surface area contributed by atoms with E-state index >= 15 is 0 Å². The van der Waals surface area contributed by atoms with Gasteiger partial charge in [0.15, 0.2) is 0 Å². The number of aryl methyl sites for hydroxylation is 1. The maximum absolute atomic E-state index is 12.7. The molecule has 0 unspecified atom stereocenters. The van der Waals surface area contributed by atoms with E-state index in [4.69, 9.17) is 0 Å².